The minimum absolute atomic E-state index is 0.0784. The van der Waals surface area contributed by atoms with Gasteiger partial charge in [-0.25, -0.2) is 4.79 Å². The van der Waals surface area contributed by atoms with E-state index in [9.17, 15) is 9.59 Å². The fraction of sp³-hybridized carbons (Fsp3) is 0.333. The zero-order chi connectivity index (χ0) is 16.3. The quantitative estimate of drug-likeness (QED) is 0.858. The van der Waals surface area contributed by atoms with Crippen molar-refractivity contribution < 1.29 is 9.53 Å². The van der Waals surface area contributed by atoms with E-state index in [2.05, 4.69) is 15.3 Å². The maximum absolute atomic E-state index is 12.0. The number of H-pyrrole nitrogens is 1. The van der Waals surface area contributed by atoms with Gasteiger partial charge in [0.05, 0.1) is 11.4 Å². The Labute approximate surface area is 127 Å². The van der Waals surface area contributed by atoms with Crippen molar-refractivity contribution in [3.05, 3.63) is 46.4 Å². The third-order valence-corrected chi connectivity index (χ3v) is 2.70. The molecule has 7 nitrogen and oxygen atoms in total. The maximum atomic E-state index is 12.0. The van der Waals surface area contributed by atoms with Crippen LogP contribution in [0.2, 0.25) is 0 Å². The third-order valence-electron chi connectivity index (χ3n) is 2.70. The normalized spacial score (nSPS) is 11.8. The first-order valence-corrected chi connectivity index (χ1v) is 6.80. The molecule has 0 atom stereocenters. The summed E-state index contributed by atoms with van der Waals surface area (Å²) in [6.07, 6.45) is -0.664. The zero-order valence-electron chi connectivity index (χ0n) is 13.0. The number of aromatic nitrogens is 2. The molecule has 2 aromatic rings. The van der Waals surface area contributed by atoms with Crippen LogP contribution in [0.15, 0.2) is 45.4 Å². The molecule has 22 heavy (non-hydrogen) atoms. The molecule has 1 aromatic carbocycles. The van der Waals surface area contributed by atoms with Crippen molar-refractivity contribution in [2.75, 3.05) is 0 Å². The number of nitrogens with one attached hydrogen (secondary N) is 1. The van der Waals surface area contributed by atoms with Gasteiger partial charge in [-0.3, -0.25) is 9.89 Å². The largest absolute Gasteiger partial charge is 0.442 e. The van der Waals surface area contributed by atoms with Crippen molar-refractivity contribution >= 4 is 17.5 Å². The second-order valence-electron chi connectivity index (χ2n) is 5.73. The Hall–Kier alpha value is -2.70. The number of benzene rings is 1. The Morgan fingerprint density at radius 2 is 1.82 bits per heavy atom. The van der Waals surface area contributed by atoms with Gasteiger partial charge in [0.15, 0.2) is 5.69 Å². The molecule has 7 heteroatoms. The number of rotatable bonds is 2. The van der Waals surface area contributed by atoms with Gasteiger partial charge in [0, 0.05) is 0 Å². The molecule has 0 aliphatic heterocycles. The highest BCUT2D eigenvalue weighted by Gasteiger charge is 2.22. The summed E-state index contributed by atoms with van der Waals surface area (Å²) in [5.74, 6) is 0. The summed E-state index contributed by atoms with van der Waals surface area (Å²) >= 11 is 0. The number of carbonyl (C=O) groups is 1. The Morgan fingerprint density at radius 1 is 1.18 bits per heavy atom. The van der Waals surface area contributed by atoms with E-state index >= 15 is 0 Å². The Kier molecular flexibility index (Phi) is 4.25. The Morgan fingerprint density at radius 3 is 2.41 bits per heavy atom. The van der Waals surface area contributed by atoms with E-state index in [0.29, 0.717) is 11.4 Å². The number of hydrogen-bond donors (Lipinski definition) is 1. The molecule has 0 saturated carbocycles. The fourth-order valence-corrected chi connectivity index (χ4v) is 1.72. The van der Waals surface area contributed by atoms with Gasteiger partial charge in [-0.1, -0.05) is 18.2 Å². The van der Waals surface area contributed by atoms with Crippen LogP contribution in [-0.2, 0) is 4.74 Å². The molecule has 0 unspecified atom stereocenters. The minimum atomic E-state index is -0.664. The first-order chi connectivity index (χ1) is 10.3. The molecule has 0 aliphatic rings. The molecule has 1 heterocycles. The monoisotopic (exact) mass is 302 g/mol. The smallest absolute Gasteiger partial charge is 0.433 e. The lowest BCUT2D eigenvalue weighted by molar-refractivity contribution is 0.0510. The lowest BCUT2D eigenvalue weighted by Gasteiger charge is -2.19. The van der Waals surface area contributed by atoms with Gasteiger partial charge >= 0.3 is 6.09 Å². The molecule has 0 bridgehead atoms. The molecule has 0 fully saturated rings. The number of nitrogens with zero attached hydrogens (tertiary/aromatic N) is 3. The van der Waals surface area contributed by atoms with Crippen LogP contribution in [0.3, 0.4) is 0 Å². The van der Waals surface area contributed by atoms with Crippen molar-refractivity contribution in [1.29, 1.82) is 0 Å². The molecule has 0 saturated heterocycles. The average Bonchev–Trinajstić information content (AvgIpc) is 2.71. The summed E-state index contributed by atoms with van der Waals surface area (Å²) in [6, 6.07) is 9.01. The van der Waals surface area contributed by atoms with Crippen LogP contribution in [0, 0.1) is 6.92 Å². The van der Waals surface area contributed by atoms with Gasteiger partial charge in [-0.2, -0.15) is 9.80 Å². The van der Waals surface area contributed by atoms with E-state index in [1.165, 1.54) is 0 Å². The number of carbonyl (C=O) groups excluding carboxylic acids is 1. The summed E-state index contributed by atoms with van der Waals surface area (Å²) in [5.41, 5.74) is -0.112. The van der Waals surface area contributed by atoms with Crippen LogP contribution in [0.25, 0.3) is 0 Å². The summed E-state index contributed by atoms with van der Waals surface area (Å²) < 4.78 is 6.25. The van der Waals surface area contributed by atoms with Gasteiger partial charge in [0.1, 0.15) is 5.60 Å². The number of hydrogen-bond acceptors (Lipinski definition) is 5. The van der Waals surface area contributed by atoms with Gasteiger partial charge in [0.2, 0.25) is 0 Å². The van der Waals surface area contributed by atoms with E-state index in [-0.39, 0.29) is 5.69 Å². The van der Waals surface area contributed by atoms with Crippen LogP contribution in [0.4, 0.5) is 16.2 Å². The van der Waals surface area contributed by atoms with Crippen LogP contribution in [0.5, 0.6) is 0 Å². The summed E-state index contributed by atoms with van der Waals surface area (Å²) in [6.45, 7) is 6.84. The van der Waals surface area contributed by atoms with E-state index < -0.39 is 17.3 Å². The molecular weight excluding hydrogens is 284 g/mol. The molecule has 1 N–H and O–H groups in total. The standard InChI is InChI=1S/C15H18N4O3/c1-10-12(17-16-11-8-6-5-7-9-11)13(20)18-19(10)14(21)22-15(2,3)4/h5-9H,1-4H3,(H,18,20). The molecule has 116 valence electrons. The van der Waals surface area contributed by atoms with E-state index in [4.69, 9.17) is 4.74 Å². The Bertz CT molecular complexity index is 751. The highest BCUT2D eigenvalue weighted by molar-refractivity contribution is 5.72. The van der Waals surface area contributed by atoms with Crippen LogP contribution in [-0.4, -0.2) is 21.5 Å². The average molecular weight is 302 g/mol. The lowest BCUT2D eigenvalue weighted by atomic mass is 10.2. The second kappa shape index (κ2) is 5.97. The molecule has 0 radical (unpaired) electrons. The molecular formula is C15H18N4O3. The zero-order valence-corrected chi connectivity index (χ0v) is 13.0. The van der Waals surface area contributed by atoms with Crippen LogP contribution in [0.1, 0.15) is 26.5 Å². The Balaban J connectivity index is 2.30. The minimum Gasteiger partial charge on any atom is -0.442 e. The summed E-state index contributed by atoms with van der Waals surface area (Å²) in [5, 5.41) is 10.3. The lowest BCUT2D eigenvalue weighted by Crippen LogP contribution is -2.28. The van der Waals surface area contributed by atoms with Crippen molar-refractivity contribution in [3.8, 4) is 0 Å². The van der Waals surface area contributed by atoms with Crippen molar-refractivity contribution in [2.45, 2.75) is 33.3 Å². The molecule has 0 amide bonds. The highest BCUT2D eigenvalue weighted by Crippen LogP contribution is 2.19. The SMILES string of the molecule is Cc1c(N=Nc2ccccc2)c(=O)[nH]n1C(=O)OC(C)(C)C. The van der Waals surface area contributed by atoms with Crippen molar-refractivity contribution in [3.63, 3.8) is 0 Å². The first kappa shape index (κ1) is 15.7. The molecule has 0 spiro atoms. The van der Waals surface area contributed by atoms with Gasteiger partial charge in [-0.15, -0.1) is 5.11 Å². The third kappa shape index (κ3) is 3.69. The van der Waals surface area contributed by atoms with Crippen molar-refractivity contribution in [2.24, 2.45) is 10.2 Å². The van der Waals surface area contributed by atoms with E-state index in [0.717, 1.165) is 4.68 Å². The topological polar surface area (TPSA) is 88.8 Å². The number of azo groups is 1. The first-order valence-electron chi connectivity index (χ1n) is 6.80. The summed E-state index contributed by atoms with van der Waals surface area (Å²) in [7, 11) is 0. The van der Waals surface area contributed by atoms with Gasteiger partial charge in [0.25, 0.3) is 5.56 Å². The highest BCUT2D eigenvalue weighted by atomic mass is 16.6. The fourth-order valence-electron chi connectivity index (χ4n) is 1.72. The number of aromatic amines is 1. The van der Waals surface area contributed by atoms with Crippen molar-refractivity contribution in [1.82, 2.24) is 9.78 Å². The van der Waals surface area contributed by atoms with Crippen LogP contribution >= 0.6 is 0 Å². The second-order valence-corrected chi connectivity index (χ2v) is 5.73. The summed E-state index contributed by atoms with van der Waals surface area (Å²) in [4.78, 5) is 23.9. The predicted octanol–water partition coefficient (Wildman–Crippen LogP) is 3.68. The predicted molar refractivity (Wildman–Crippen MR) is 82.0 cm³/mol. The maximum Gasteiger partial charge on any atom is 0.433 e. The van der Waals surface area contributed by atoms with E-state index in [1.807, 2.05) is 18.2 Å². The van der Waals surface area contributed by atoms with Crippen LogP contribution < -0.4 is 5.56 Å². The molecule has 0 aliphatic carbocycles. The van der Waals surface area contributed by atoms with Gasteiger partial charge < -0.3 is 4.74 Å². The molecule has 1 aromatic heterocycles. The molecule has 2 rings (SSSR count). The van der Waals surface area contributed by atoms with Gasteiger partial charge in [-0.05, 0) is 39.8 Å². The number of ether oxygens (including phenoxy) is 1. The van der Waals surface area contributed by atoms with E-state index in [1.54, 1.807) is 39.8 Å².